The van der Waals surface area contributed by atoms with E-state index in [1.54, 1.807) is 0 Å². The summed E-state index contributed by atoms with van der Waals surface area (Å²) in [6, 6.07) is 0. The van der Waals surface area contributed by atoms with Crippen molar-refractivity contribution < 1.29 is 9.53 Å². The van der Waals surface area contributed by atoms with Gasteiger partial charge in [-0.2, -0.15) is 0 Å². The minimum Gasteiger partial charge on any atom is -0.465 e. The van der Waals surface area contributed by atoms with Crippen LogP contribution in [0.2, 0.25) is 0 Å². The molecule has 0 spiro atoms. The number of rotatable bonds is 7. The van der Waals surface area contributed by atoms with E-state index in [2.05, 4.69) is 6.92 Å². The average molecular weight is 200 g/mol. The predicted octanol–water partition coefficient (Wildman–Crippen LogP) is 3.55. The second-order valence-electron chi connectivity index (χ2n) is 4.43. The molecule has 84 valence electrons. The molecule has 0 saturated heterocycles. The highest BCUT2D eigenvalue weighted by molar-refractivity contribution is 5.75. The van der Waals surface area contributed by atoms with Gasteiger partial charge in [0.2, 0.25) is 0 Å². The Labute approximate surface area is 88.0 Å². The maximum Gasteiger partial charge on any atom is 0.311 e. The SMILES string of the molecule is CCCCCCOC(=O)C(C)(C)CC. The molecule has 0 radical (unpaired) electrons. The molecule has 2 nitrogen and oxygen atoms in total. The second kappa shape index (κ2) is 6.86. The van der Waals surface area contributed by atoms with E-state index in [9.17, 15) is 4.79 Å². The summed E-state index contributed by atoms with van der Waals surface area (Å²) in [4.78, 5) is 11.5. The molecule has 0 aromatic heterocycles. The molecular formula is C12H24O2. The van der Waals surface area contributed by atoms with Gasteiger partial charge in [-0.25, -0.2) is 0 Å². The first kappa shape index (κ1) is 13.5. The number of hydrogen-bond donors (Lipinski definition) is 0. The van der Waals surface area contributed by atoms with Gasteiger partial charge in [0.1, 0.15) is 0 Å². The van der Waals surface area contributed by atoms with Gasteiger partial charge in [-0.05, 0) is 26.7 Å². The van der Waals surface area contributed by atoms with Crippen LogP contribution in [-0.4, -0.2) is 12.6 Å². The van der Waals surface area contributed by atoms with Gasteiger partial charge in [0.25, 0.3) is 0 Å². The van der Waals surface area contributed by atoms with Crippen LogP contribution in [0, 0.1) is 5.41 Å². The Bertz CT molecular complexity index is 162. The molecule has 0 amide bonds. The van der Waals surface area contributed by atoms with Crippen LogP contribution in [0.5, 0.6) is 0 Å². The molecule has 2 heteroatoms. The number of carbonyl (C=O) groups is 1. The predicted molar refractivity (Wildman–Crippen MR) is 59.2 cm³/mol. The van der Waals surface area contributed by atoms with Crippen LogP contribution in [0.15, 0.2) is 0 Å². The quantitative estimate of drug-likeness (QED) is 0.464. The van der Waals surface area contributed by atoms with Gasteiger partial charge in [0.15, 0.2) is 0 Å². The highest BCUT2D eigenvalue weighted by Gasteiger charge is 2.26. The first-order valence-electron chi connectivity index (χ1n) is 5.71. The molecule has 0 rings (SSSR count). The van der Waals surface area contributed by atoms with E-state index in [4.69, 9.17) is 4.74 Å². The molecule has 0 fully saturated rings. The van der Waals surface area contributed by atoms with Crippen LogP contribution in [0.1, 0.15) is 59.8 Å². The third kappa shape index (κ3) is 5.25. The van der Waals surface area contributed by atoms with Crippen molar-refractivity contribution in [3.8, 4) is 0 Å². The van der Waals surface area contributed by atoms with Crippen LogP contribution in [0.4, 0.5) is 0 Å². The first-order valence-corrected chi connectivity index (χ1v) is 5.71. The van der Waals surface area contributed by atoms with Crippen molar-refractivity contribution >= 4 is 5.97 Å². The molecule has 0 atom stereocenters. The highest BCUT2D eigenvalue weighted by atomic mass is 16.5. The molecule has 0 N–H and O–H groups in total. The first-order chi connectivity index (χ1) is 6.54. The van der Waals surface area contributed by atoms with Gasteiger partial charge >= 0.3 is 5.97 Å². The molecule has 14 heavy (non-hydrogen) atoms. The molecule has 0 aromatic rings. The van der Waals surface area contributed by atoms with Gasteiger partial charge in [-0.3, -0.25) is 4.79 Å². The van der Waals surface area contributed by atoms with E-state index < -0.39 is 0 Å². The zero-order chi connectivity index (χ0) is 11.0. The largest absolute Gasteiger partial charge is 0.465 e. The number of carbonyl (C=O) groups excluding carboxylic acids is 1. The number of hydrogen-bond acceptors (Lipinski definition) is 2. The lowest BCUT2D eigenvalue weighted by molar-refractivity contribution is -0.154. The number of ether oxygens (including phenoxy) is 1. The third-order valence-electron chi connectivity index (χ3n) is 2.67. The van der Waals surface area contributed by atoms with Crippen molar-refractivity contribution in [1.29, 1.82) is 0 Å². The Morgan fingerprint density at radius 2 is 1.79 bits per heavy atom. The molecule has 0 aliphatic rings. The Morgan fingerprint density at radius 1 is 1.14 bits per heavy atom. The van der Waals surface area contributed by atoms with E-state index in [1.165, 1.54) is 12.8 Å². The maximum atomic E-state index is 11.5. The Kier molecular flexibility index (Phi) is 6.60. The summed E-state index contributed by atoms with van der Waals surface area (Å²) in [7, 11) is 0. The van der Waals surface area contributed by atoms with Crippen molar-refractivity contribution in [2.75, 3.05) is 6.61 Å². The highest BCUT2D eigenvalue weighted by Crippen LogP contribution is 2.21. The molecular weight excluding hydrogens is 176 g/mol. The molecule has 0 saturated carbocycles. The van der Waals surface area contributed by atoms with Gasteiger partial charge < -0.3 is 4.74 Å². The number of unbranched alkanes of at least 4 members (excludes halogenated alkanes) is 3. The van der Waals surface area contributed by atoms with Crippen LogP contribution in [0.25, 0.3) is 0 Å². The summed E-state index contributed by atoms with van der Waals surface area (Å²) in [6.45, 7) is 8.63. The molecule has 0 aliphatic heterocycles. The van der Waals surface area contributed by atoms with E-state index in [-0.39, 0.29) is 11.4 Å². The van der Waals surface area contributed by atoms with Crippen LogP contribution in [0.3, 0.4) is 0 Å². The molecule has 0 aliphatic carbocycles. The van der Waals surface area contributed by atoms with Gasteiger partial charge in [0, 0.05) is 0 Å². The summed E-state index contributed by atoms with van der Waals surface area (Å²) in [5, 5.41) is 0. The van der Waals surface area contributed by atoms with Crippen molar-refractivity contribution in [3.63, 3.8) is 0 Å². The molecule has 0 heterocycles. The fourth-order valence-corrected chi connectivity index (χ4v) is 1.03. The zero-order valence-electron chi connectivity index (χ0n) is 10.1. The smallest absolute Gasteiger partial charge is 0.311 e. The maximum absolute atomic E-state index is 11.5. The van der Waals surface area contributed by atoms with E-state index in [0.29, 0.717) is 6.61 Å². The standard InChI is InChI=1S/C12H24O2/c1-5-7-8-9-10-14-11(13)12(3,4)6-2/h5-10H2,1-4H3. The monoisotopic (exact) mass is 200 g/mol. The minimum absolute atomic E-state index is 0.0588. The van der Waals surface area contributed by atoms with E-state index in [1.807, 2.05) is 20.8 Å². The van der Waals surface area contributed by atoms with E-state index in [0.717, 1.165) is 19.3 Å². The van der Waals surface area contributed by atoms with Crippen molar-refractivity contribution in [2.45, 2.75) is 59.8 Å². The van der Waals surface area contributed by atoms with Gasteiger partial charge in [0.05, 0.1) is 12.0 Å². The molecule has 0 unspecified atom stereocenters. The fraction of sp³-hybridized carbons (Fsp3) is 0.917. The lowest BCUT2D eigenvalue weighted by Gasteiger charge is -2.20. The van der Waals surface area contributed by atoms with E-state index >= 15 is 0 Å². The topological polar surface area (TPSA) is 26.3 Å². The third-order valence-corrected chi connectivity index (χ3v) is 2.67. The Hall–Kier alpha value is -0.530. The normalized spacial score (nSPS) is 11.4. The minimum atomic E-state index is -0.315. The summed E-state index contributed by atoms with van der Waals surface area (Å²) in [5.41, 5.74) is -0.315. The lowest BCUT2D eigenvalue weighted by Crippen LogP contribution is -2.26. The van der Waals surface area contributed by atoms with Gasteiger partial charge in [-0.1, -0.05) is 33.1 Å². The Balaban J connectivity index is 3.54. The van der Waals surface area contributed by atoms with Crippen molar-refractivity contribution in [2.24, 2.45) is 5.41 Å². The Morgan fingerprint density at radius 3 is 2.29 bits per heavy atom. The van der Waals surface area contributed by atoms with Crippen LogP contribution >= 0.6 is 0 Å². The summed E-state index contributed by atoms with van der Waals surface area (Å²) in [6.07, 6.45) is 5.44. The van der Waals surface area contributed by atoms with Crippen molar-refractivity contribution in [3.05, 3.63) is 0 Å². The second-order valence-corrected chi connectivity index (χ2v) is 4.43. The average Bonchev–Trinajstić information content (AvgIpc) is 2.17. The zero-order valence-corrected chi connectivity index (χ0v) is 10.1. The van der Waals surface area contributed by atoms with Crippen LogP contribution in [-0.2, 0) is 9.53 Å². The number of esters is 1. The summed E-state index contributed by atoms with van der Waals surface area (Å²) in [5.74, 6) is -0.0588. The summed E-state index contributed by atoms with van der Waals surface area (Å²) >= 11 is 0. The fourth-order valence-electron chi connectivity index (χ4n) is 1.03. The lowest BCUT2D eigenvalue weighted by atomic mass is 9.91. The molecule has 0 aromatic carbocycles. The van der Waals surface area contributed by atoms with Crippen molar-refractivity contribution in [1.82, 2.24) is 0 Å². The van der Waals surface area contributed by atoms with Crippen LogP contribution < -0.4 is 0 Å². The molecule has 0 bridgehead atoms. The van der Waals surface area contributed by atoms with Gasteiger partial charge in [-0.15, -0.1) is 0 Å². The summed E-state index contributed by atoms with van der Waals surface area (Å²) < 4.78 is 5.21.